The van der Waals surface area contributed by atoms with Crippen LogP contribution in [0.5, 0.6) is 0 Å². The zero-order valence-corrected chi connectivity index (χ0v) is 16.5. The van der Waals surface area contributed by atoms with Gasteiger partial charge in [0, 0.05) is 25.0 Å². The molecule has 0 spiro atoms. The van der Waals surface area contributed by atoms with E-state index in [0.717, 1.165) is 12.3 Å². The Labute approximate surface area is 165 Å². The van der Waals surface area contributed by atoms with E-state index in [9.17, 15) is 26.7 Å². The molecule has 1 saturated carbocycles. The van der Waals surface area contributed by atoms with Gasteiger partial charge in [0.15, 0.2) is 5.82 Å². The van der Waals surface area contributed by atoms with Crippen LogP contribution < -0.4 is 5.32 Å². The molecular formula is C20H24F5N3O. The Bertz CT molecular complexity index is 911. The van der Waals surface area contributed by atoms with Gasteiger partial charge in [-0.1, -0.05) is 20.8 Å². The van der Waals surface area contributed by atoms with Crippen molar-refractivity contribution in [3.63, 3.8) is 0 Å². The third kappa shape index (κ3) is 4.87. The van der Waals surface area contributed by atoms with Gasteiger partial charge in [0.05, 0.1) is 11.3 Å². The van der Waals surface area contributed by atoms with E-state index in [2.05, 4.69) is 10.3 Å². The van der Waals surface area contributed by atoms with Gasteiger partial charge in [0.2, 0.25) is 5.91 Å². The van der Waals surface area contributed by atoms with Gasteiger partial charge in [-0.15, -0.1) is 0 Å². The number of nitrogens with zero attached hydrogens (tertiary/aromatic N) is 2. The van der Waals surface area contributed by atoms with Crippen LogP contribution in [0.25, 0.3) is 5.65 Å². The number of nitrogens with one attached hydrogen (secondary N) is 1. The molecule has 1 N–H and O–H groups in total. The topological polar surface area (TPSA) is 46.4 Å². The van der Waals surface area contributed by atoms with Crippen LogP contribution in [-0.2, 0) is 17.4 Å². The van der Waals surface area contributed by atoms with Crippen LogP contribution in [0, 0.1) is 11.3 Å². The maximum atomic E-state index is 13.8. The largest absolute Gasteiger partial charge is 0.417 e. The second-order valence-electron chi connectivity index (χ2n) is 8.89. The molecule has 1 aliphatic carbocycles. The van der Waals surface area contributed by atoms with E-state index in [0.29, 0.717) is 18.5 Å². The predicted octanol–water partition coefficient (Wildman–Crippen LogP) is 5.71. The number of fused-ring (bicyclic) bond motifs is 1. The molecule has 1 amide bonds. The van der Waals surface area contributed by atoms with Crippen molar-refractivity contribution in [2.24, 2.45) is 11.3 Å². The maximum absolute atomic E-state index is 13.8. The van der Waals surface area contributed by atoms with E-state index in [4.69, 9.17) is 0 Å². The zero-order valence-electron chi connectivity index (χ0n) is 16.5. The number of anilines is 1. The van der Waals surface area contributed by atoms with Crippen molar-refractivity contribution < 1.29 is 26.7 Å². The minimum absolute atomic E-state index is 0.116. The maximum Gasteiger partial charge on any atom is 0.417 e. The fourth-order valence-electron chi connectivity index (χ4n) is 3.69. The number of imidazole rings is 1. The van der Waals surface area contributed by atoms with Crippen LogP contribution in [0.1, 0.15) is 57.7 Å². The first-order valence-corrected chi connectivity index (χ1v) is 9.52. The molecule has 2 heterocycles. The summed E-state index contributed by atoms with van der Waals surface area (Å²) in [7, 11) is 0. The quantitative estimate of drug-likeness (QED) is 0.648. The molecule has 29 heavy (non-hydrogen) atoms. The van der Waals surface area contributed by atoms with Gasteiger partial charge in [-0.2, -0.15) is 13.2 Å². The highest BCUT2D eigenvalue weighted by Crippen LogP contribution is 2.42. The highest BCUT2D eigenvalue weighted by molar-refractivity contribution is 5.91. The summed E-state index contributed by atoms with van der Waals surface area (Å²) in [6.45, 7) is 5.72. The smallest absolute Gasteiger partial charge is 0.309 e. The number of amides is 1. The van der Waals surface area contributed by atoms with Gasteiger partial charge >= 0.3 is 6.18 Å². The van der Waals surface area contributed by atoms with Crippen molar-refractivity contribution in [2.75, 3.05) is 5.32 Å². The first-order chi connectivity index (χ1) is 13.3. The summed E-state index contributed by atoms with van der Waals surface area (Å²) in [5.74, 6) is -4.38. The summed E-state index contributed by atoms with van der Waals surface area (Å²) in [5, 5.41) is 2.56. The van der Waals surface area contributed by atoms with Crippen LogP contribution in [0.15, 0.2) is 18.3 Å². The van der Waals surface area contributed by atoms with Crippen LogP contribution in [-0.4, -0.2) is 21.2 Å². The SMILES string of the molecule is CC(C)(C)Cc1c(NC(=O)CC2CCCC2(F)F)nc2ccc(C(F)(F)F)cn12. The normalized spacial score (nSPS) is 19.7. The van der Waals surface area contributed by atoms with Crippen LogP contribution in [0.4, 0.5) is 27.8 Å². The summed E-state index contributed by atoms with van der Waals surface area (Å²) in [6.07, 6.45) is -3.16. The molecule has 1 atom stereocenters. The number of rotatable bonds is 4. The fraction of sp³-hybridized carbons (Fsp3) is 0.600. The van der Waals surface area contributed by atoms with Gasteiger partial charge in [-0.05, 0) is 36.8 Å². The van der Waals surface area contributed by atoms with Gasteiger partial charge in [0.25, 0.3) is 5.92 Å². The number of carbonyl (C=O) groups is 1. The number of aromatic nitrogens is 2. The molecule has 1 fully saturated rings. The minimum Gasteiger partial charge on any atom is -0.309 e. The lowest BCUT2D eigenvalue weighted by molar-refractivity contribution is -0.137. The third-order valence-corrected chi connectivity index (χ3v) is 5.09. The summed E-state index contributed by atoms with van der Waals surface area (Å²) in [4.78, 5) is 16.7. The summed E-state index contributed by atoms with van der Waals surface area (Å²) < 4.78 is 68.4. The van der Waals surface area contributed by atoms with Gasteiger partial charge in [-0.3, -0.25) is 4.79 Å². The highest BCUT2D eigenvalue weighted by atomic mass is 19.4. The van der Waals surface area contributed by atoms with E-state index in [1.807, 2.05) is 20.8 Å². The fourth-order valence-corrected chi connectivity index (χ4v) is 3.69. The van der Waals surface area contributed by atoms with E-state index >= 15 is 0 Å². The number of hydrogen-bond acceptors (Lipinski definition) is 2. The molecular weight excluding hydrogens is 393 g/mol. The monoisotopic (exact) mass is 417 g/mol. The Morgan fingerprint density at radius 2 is 1.97 bits per heavy atom. The molecule has 2 aromatic rings. The second kappa shape index (κ2) is 7.25. The van der Waals surface area contributed by atoms with Crippen molar-refractivity contribution in [1.82, 2.24) is 9.38 Å². The number of carbonyl (C=O) groups excluding carboxylic acids is 1. The molecule has 0 saturated heterocycles. The highest BCUT2D eigenvalue weighted by Gasteiger charge is 2.44. The molecule has 1 unspecified atom stereocenters. The Kier molecular flexibility index (Phi) is 5.38. The molecule has 9 heteroatoms. The van der Waals surface area contributed by atoms with E-state index in [1.165, 1.54) is 10.5 Å². The average molecular weight is 417 g/mol. The average Bonchev–Trinajstić information content (AvgIpc) is 3.05. The van der Waals surface area contributed by atoms with Crippen molar-refractivity contribution in [3.8, 4) is 0 Å². The molecule has 4 nitrogen and oxygen atoms in total. The number of hydrogen-bond donors (Lipinski definition) is 1. The number of pyridine rings is 1. The molecule has 1 aliphatic rings. The van der Waals surface area contributed by atoms with Crippen molar-refractivity contribution in [2.45, 2.75) is 65.0 Å². The Hall–Kier alpha value is -2.19. The van der Waals surface area contributed by atoms with E-state index < -0.39 is 29.5 Å². The van der Waals surface area contributed by atoms with E-state index in [-0.39, 0.29) is 36.1 Å². The summed E-state index contributed by atoms with van der Waals surface area (Å²) in [5.41, 5.74) is -0.479. The molecule has 0 radical (unpaired) electrons. The first-order valence-electron chi connectivity index (χ1n) is 9.52. The van der Waals surface area contributed by atoms with E-state index in [1.54, 1.807) is 0 Å². The summed E-state index contributed by atoms with van der Waals surface area (Å²) >= 11 is 0. The van der Waals surface area contributed by atoms with Crippen molar-refractivity contribution in [1.29, 1.82) is 0 Å². The van der Waals surface area contributed by atoms with Crippen LogP contribution in [0.3, 0.4) is 0 Å². The standard InChI is InChI=1S/C20H24F5N3O/c1-18(2,3)10-14-17(27-16(29)9-12-5-4-8-19(12,21)22)26-15-7-6-13(11-28(14)15)20(23,24)25/h6-7,11-12H,4-5,8-10H2,1-3H3,(H,27,29). The van der Waals surface area contributed by atoms with Gasteiger partial charge < -0.3 is 9.72 Å². The lowest BCUT2D eigenvalue weighted by atomic mass is 9.90. The summed E-state index contributed by atoms with van der Waals surface area (Å²) in [6, 6.07) is 2.16. The second-order valence-corrected chi connectivity index (χ2v) is 8.89. The number of alkyl halides is 5. The molecule has 0 aliphatic heterocycles. The van der Waals surface area contributed by atoms with Crippen molar-refractivity contribution in [3.05, 3.63) is 29.6 Å². The molecule has 0 bridgehead atoms. The number of halogens is 5. The molecule has 3 rings (SSSR count). The lowest BCUT2D eigenvalue weighted by Crippen LogP contribution is -2.27. The zero-order chi connectivity index (χ0) is 21.6. The Morgan fingerprint density at radius 3 is 2.52 bits per heavy atom. The Morgan fingerprint density at radius 1 is 1.28 bits per heavy atom. The molecule has 160 valence electrons. The molecule has 0 aromatic carbocycles. The third-order valence-electron chi connectivity index (χ3n) is 5.09. The van der Waals surface area contributed by atoms with Gasteiger partial charge in [-0.25, -0.2) is 13.8 Å². The van der Waals surface area contributed by atoms with Crippen LogP contribution >= 0.6 is 0 Å². The first kappa shape index (κ1) is 21.5. The Balaban J connectivity index is 1.93. The minimum atomic E-state index is -4.52. The van der Waals surface area contributed by atoms with Crippen molar-refractivity contribution >= 4 is 17.4 Å². The van der Waals surface area contributed by atoms with Crippen LogP contribution in [0.2, 0.25) is 0 Å². The lowest BCUT2D eigenvalue weighted by Gasteiger charge is -2.20. The predicted molar refractivity (Wildman–Crippen MR) is 98.9 cm³/mol. The molecule has 2 aromatic heterocycles. The van der Waals surface area contributed by atoms with Gasteiger partial charge in [0.1, 0.15) is 5.65 Å².